The molecular formula is C12H14N4S. The molecule has 88 valence electrons. The van der Waals surface area contributed by atoms with Crippen LogP contribution in [0.1, 0.15) is 25.6 Å². The summed E-state index contributed by atoms with van der Waals surface area (Å²) in [7, 11) is 0. The lowest BCUT2D eigenvalue weighted by Crippen LogP contribution is -1.88. The molecule has 0 aliphatic rings. The first-order chi connectivity index (χ1) is 8.27. The van der Waals surface area contributed by atoms with Crippen LogP contribution in [0, 0.1) is 0 Å². The van der Waals surface area contributed by atoms with E-state index < -0.39 is 0 Å². The molecule has 1 N–H and O–H groups in total. The standard InChI is InChI=1S/C7H5NS.C5H9N3/c1-2-4-7-6(3-1)8-5-9-7;1-4(2)5-6-3-7-8-5/h1-5H;3-4H,1-2H3,(H,6,7,8). The molecule has 0 aliphatic carbocycles. The first-order valence-electron chi connectivity index (χ1n) is 5.41. The summed E-state index contributed by atoms with van der Waals surface area (Å²) in [6.07, 6.45) is 1.52. The van der Waals surface area contributed by atoms with E-state index in [4.69, 9.17) is 0 Å². The Morgan fingerprint density at radius 1 is 1.18 bits per heavy atom. The summed E-state index contributed by atoms with van der Waals surface area (Å²) in [6, 6.07) is 8.13. The molecule has 0 radical (unpaired) electrons. The summed E-state index contributed by atoms with van der Waals surface area (Å²) >= 11 is 1.68. The Balaban J connectivity index is 0.000000128. The number of aromatic nitrogens is 4. The van der Waals surface area contributed by atoms with Crippen LogP contribution in [0.25, 0.3) is 10.2 Å². The van der Waals surface area contributed by atoms with Gasteiger partial charge < -0.3 is 0 Å². The van der Waals surface area contributed by atoms with Gasteiger partial charge in [-0.2, -0.15) is 5.10 Å². The van der Waals surface area contributed by atoms with Crippen molar-refractivity contribution in [1.29, 1.82) is 0 Å². The Bertz CT molecular complexity index is 526. The number of rotatable bonds is 1. The summed E-state index contributed by atoms with van der Waals surface area (Å²) in [5.41, 5.74) is 2.97. The largest absolute Gasteiger partial charge is 0.263 e. The average molecular weight is 246 g/mol. The van der Waals surface area contributed by atoms with Gasteiger partial charge in [0.2, 0.25) is 0 Å². The highest BCUT2D eigenvalue weighted by molar-refractivity contribution is 7.16. The Labute approximate surface area is 104 Å². The van der Waals surface area contributed by atoms with Gasteiger partial charge in [0.1, 0.15) is 12.2 Å². The van der Waals surface area contributed by atoms with E-state index in [1.165, 1.54) is 11.0 Å². The van der Waals surface area contributed by atoms with Gasteiger partial charge in [-0.15, -0.1) is 11.3 Å². The van der Waals surface area contributed by atoms with Crippen LogP contribution in [-0.4, -0.2) is 20.2 Å². The molecule has 4 nitrogen and oxygen atoms in total. The fraction of sp³-hybridized carbons (Fsp3) is 0.250. The zero-order valence-electron chi connectivity index (χ0n) is 9.79. The van der Waals surface area contributed by atoms with Crippen molar-refractivity contribution in [3.63, 3.8) is 0 Å². The van der Waals surface area contributed by atoms with Crippen molar-refractivity contribution < 1.29 is 0 Å². The minimum atomic E-state index is 0.456. The van der Waals surface area contributed by atoms with Gasteiger partial charge in [0, 0.05) is 5.92 Å². The Hall–Kier alpha value is -1.75. The van der Waals surface area contributed by atoms with E-state index in [2.05, 4.69) is 40.1 Å². The van der Waals surface area contributed by atoms with Gasteiger partial charge >= 0.3 is 0 Å². The predicted octanol–water partition coefficient (Wildman–Crippen LogP) is 3.22. The monoisotopic (exact) mass is 246 g/mol. The molecule has 0 unspecified atom stereocenters. The lowest BCUT2D eigenvalue weighted by molar-refractivity contribution is 0.781. The van der Waals surface area contributed by atoms with E-state index in [9.17, 15) is 0 Å². The maximum absolute atomic E-state index is 4.14. The molecule has 1 aromatic carbocycles. The van der Waals surface area contributed by atoms with Crippen molar-refractivity contribution >= 4 is 21.6 Å². The summed E-state index contributed by atoms with van der Waals surface area (Å²) < 4.78 is 1.26. The van der Waals surface area contributed by atoms with Crippen molar-refractivity contribution in [3.8, 4) is 0 Å². The first kappa shape index (κ1) is 11.7. The zero-order valence-corrected chi connectivity index (χ0v) is 10.6. The third kappa shape index (κ3) is 3.10. The van der Waals surface area contributed by atoms with Crippen LogP contribution in [0.15, 0.2) is 36.1 Å². The van der Waals surface area contributed by atoms with Crippen LogP contribution in [0.3, 0.4) is 0 Å². The molecule has 2 aromatic heterocycles. The normalized spacial score (nSPS) is 10.3. The molecule has 0 saturated heterocycles. The number of hydrogen-bond donors (Lipinski definition) is 1. The second kappa shape index (κ2) is 5.54. The van der Waals surface area contributed by atoms with Gasteiger partial charge in [0.15, 0.2) is 0 Å². The molecule has 3 rings (SSSR count). The zero-order chi connectivity index (χ0) is 12.1. The lowest BCUT2D eigenvalue weighted by atomic mass is 10.2. The Morgan fingerprint density at radius 2 is 2.00 bits per heavy atom. The number of nitrogens with one attached hydrogen (secondary N) is 1. The number of nitrogens with zero attached hydrogens (tertiary/aromatic N) is 3. The molecule has 0 saturated carbocycles. The highest BCUT2D eigenvalue weighted by Crippen LogP contribution is 2.15. The van der Waals surface area contributed by atoms with E-state index in [1.54, 1.807) is 11.3 Å². The van der Waals surface area contributed by atoms with Crippen LogP contribution in [0.5, 0.6) is 0 Å². The minimum absolute atomic E-state index is 0.456. The van der Waals surface area contributed by atoms with Gasteiger partial charge in [-0.3, -0.25) is 5.10 Å². The SMILES string of the molecule is CC(C)c1ncn[nH]1.c1ccc2scnc2c1. The summed E-state index contributed by atoms with van der Waals surface area (Å²) in [4.78, 5) is 8.09. The molecular weight excluding hydrogens is 232 g/mol. The van der Waals surface area contributed by atoms with Crippen molar-refractivity contribution in [2.75, 3.05) is 0 Å². The second-order valence-electron chi connectivity index (χ2n) is 3.85. The molecule has 3 aromatic rings. The molecule has 0 bridgehead atoms. The molecule has 0 aliphatic heterocycles. The minimum Gasteiger partial charge on any atom is -0.263 e. The molecule has 0 fully saturated rings. The van der Waals surface area contributed by atoms with Gasteiger partial charge in [-0.05, 0) is 12.1 Å². The molecule has 0 atom stereocenters. The number of H-pyrrole nitrogens is 1. The summed E-state index contributed by atoms with van der Waals surface area (Å²) in [5.74, 6) is 1.41. The first-order valence-corrected chi connectivity index (χ1v) is 6.29. The highest BCUT2D eigenvalue weighted by Gasteiger charge is 1.98. The number of hydrogen-bond acceptors (Lipinski definition) is 4. The average Bonchev–Trinajstić information content (AvgIpc) is 3.01. The molecule has 5 heteroatoms. The van der Waals surface area contributed by atoms with E-state index in [0.717, 1.165) is 11.3 Å². The van der Waals surface area contributed by atoms with Gasteiger partial charge in [0.05, 0.1) is 15.7 Å². The molecule has 2 heterocycles. The van der Waals surface area contributed by atoms with Gasteiger partial charge in [-0.1, -0.05) is 26.0 Å². The number of thiazole rings is 1. The van der Waals surface area contributed by atoms with Crippen molar-refractivity contribution in [2.24, 2.45) is 0 Å². The maximum Gasteiger partial charge on any atom is 0.137 e. The maximum atomic E-state index is 4.14. The highest BCUT2D eigenvalue weighted by atomic mass is 32.1. The number of fused-ring (bicyclic) bond motifs is 1. The van der Waals surface area contributed by atoms with Gasteiger partial charge in [0.25, 0.3) is 0 Å². The quantitative estimate of drug-likeness (QED) is 0.717. The molecule has 17 heavy (non-hydrogen) atoms. The van der Waals surface area contributed by atoms with Crippen molar-refractivity contribution in [3.05, 3.63) is 41.9 Å². The second-order valence-corrected chi connectivity index (χ2v) is 4.73. The van der Waals surface area contributed by atoms with Crippen molar-refractivity contribution in [1.82, 2.24) is 20.2 Å². The van der Waals surface area contributed by atoms with Gasteiger partial charge in [-0.25, -0.2) is 9.97 Å². The fourth-order valence-electron chi connectivity index (χ4n) is 1.30. The van der Waals surface area contributed by atoms with E-state index in [1.807, 2.05) is 23.7 Å². The Kier molecular flexibility index (Phi) is 3.82. The molecule has 0 amide bonds. The topological polar surface area (TPSA) is 54.5 Å². The summed E-state index contributed by atoms with van der Waals surface area (Å²) in [6.45, 7) is 4.14. The predicted molar refractivity (Wildman–Crippen MR) is 70.1 cm³/mol. The van der Waals surface area contributed by atoms with Crippen LogP contribution >= 0.6 is 11.3 Å². The fourth-order valence-corrected chi connectivity index (χ4v) is 1.97. The van der Waals surface area contributed by atoms with Crippen LogP contribution in [0.4, 0.5) is 0 Å². The number of para-hydroxylation sites is 1. The third-order valence-corrected chi connectivity index (χ3v) is 3.03. The van der Waals surface area contributed by atoms with Crippen molar-refractivity contribution in [2.45, 2.75) is 19.8 Å². The smallest absolute Gasteiger partial charge is 0.137 e. The van der Waals surface area contributed by atoms with Crippen LogP contribution < -0.4 is 0 Å². The molecule has 0 spiro atoms. The van der Waals surface area contributed by atoms with E-state index in [-0.39, 0.29) is 0 Å². The van der Waals surface area contributed by atoms with E-state index >= 15 is 0 Å². The van der Waals surface area contributed by atoms with Crippen LogP contribution in [-0.2, 0) is 0 Å². The van der Waals surface area contributed by atoms with Crippen LogP contribution in [0.2, 0.25) is 0 Å². The lowest BCUT2D eigenvalue weighted by Gasteiger charge is -1.93. The van der Waals surface area contributed by atoms with E-state index in [0.29, 0.717) is 5.92 Å². The Morgan fingerprint density at radius 3 is 2.59 bits per heavy atom. The number of benzene rings is 1. The third-order valence-electron chi connectivity index (χ3n) is 2.22. The summed E-state index contributed by atoms with van der Waals surface area (Å²) in [5, 5.41) is 6.48. The number of aromatic amines is 1.